The minimum atomic E-state index is -0.687. The van der Waals surface area contributed by atoms with Gasteiger partial charge in [-0.15, -0.1) is 0 Å². The quantitative estimate of drug-likeness (QED) is 0.658. The zero-order chi connectivity index (χ0) is 14.9. The van der Waals surface area contributed by atoms with Crippen molar-refractivity contribution in [2.24, 2.45) is 5.92 Å². The van der Waals surface area contributed by atoms with Crippen LogP contribution in [-0.4, -0.2) is 28.6 Å². The van der Waals surface area contributed by atoms with E-state index in [1.54, 1.807) is 0 Å². The lowest BCUT2D eigenvalue weighted by molar-refractivity contribution is -0.384. The Hall–Kier alpha value is -1.37. The molecule has 1 fully saturated rings. The van der Waals surface area contributed by atoms with Crippen molar-refractivity contribution in [1.82, 2.24) is 5.32 Å². The van der Waals surface area contributed by atoms with Gasteiger partial charge < -0.3 is 10.4 Å². The molecule has 0 atom stereocenters. The molecule has 0 heterocycles. The van der Waals surface area contributed by atoms with Gasteiger partial charge in [0.25, 0.3) is 11.6 Å². The minimum Gasteiger partial charge on any atom is -0.393 e. The van der Waals surface area contributed by atoms with E-state index in [1.165, 1.54) is 6.07 Å². The number of benzene rings is 1. The first-order chi connectivity index (χ1) is 9.38. The highest BCUT2D eigenvalue weighted by molar-refractivity contribution is 6.43. The summed E-state index contributed by atoms with van der Waals surface area (Å²) in [6.07, 6.45) is 1.02. The van der Waals surface area contributed by atoms with Crippen molar-refractivity contribution in [2.45, 2.75) is 18.9 Å². The lowest BCUT2D eigenvalue weighted by Crippen LogP contribution is -2.38. The normalized spacial score (nSPS) is 21.1. The Balaban J connectivity index is 2.07. The fourth-order valence-corrected chi connectivity index (χ4v) is 2.44. The van der Waals surface area contributed by atoms with Gasteiger partial charge in [0.15, 0.2) is 0 Å². The predicted octanol–water partition coefficient (Wildman–Crippen LogP) is 2.40. The number of nitrogens with one attached hydrogen (secondary N) is 1. The molecule has 1 aromatic carbocycles. The van der Waals surface area contributed by atoms with Gasteiger partial charge in [-0.2, -0.15) is 0 Å². The molecule has 1 saturated carbocycles. The van der Waals surface area contributed by atoms with Gasteiger partial charge in [-0.25, -0.2) is 0 Å². The van der Waals surface area contributed by atoms with Crippen molar-refractivity contribution in [2.75, 3.05) is 6.54 Å². The second-order valence-electron chi connectivity index (χ2n) is 4.75. The van der Waals surface area contributed by atoms with E-state index in [0.717, 1.165) is 6.07 Å². The first-order valence-electron chi connectivity index (χ1n) is 5.98. The van der Waals surface area contributed by atoms with Gasteiger partial charge >= 0.3 is 0 Å². The number of aliphatic hydroxyl groups excluding tert-OH is 1. The molecule has 0 aromatic heterocycles. The molecule has 20 heavy (non-hydrogen) atoms. The van der Waals surface area contributed by atoms with Crippen molar-refractivity contribution >= 4 is 34.8 Å². The highest BCUT2D eigenvalue weighted by atomic mass is 35.5. The molecule has 1 amide bonds. The van der Waals surface area contributed by atoms with E-state index in [1.807, 2.05) is 0 Å². The number of rotatable bonds is 4. The van der Waals surface area contributed by atoms with Gasteiger partial charge in [0.05, 0.1) is 16.0 Å². The molecule has 0 saturated heterocycles. The molecule has 1 aliphatic carbocycles. The van der Waals surface area contributed by atoms with Crippen molar-refractivity contribution < 1.29 is 14.8 Å². The molecule has 0 radical (unpaired) electrons. The van der Waals surface area contributed by atoms with E-state index < -0.39 is 16.5 Å². The number of hydrogen-bond acceptors (Lipinski definition) is 4. The number of aliphatic hydroxyl groups is 1. The summed E-state index contributed by atoms with van der Waals surface area (Å²) in [5.74, 6) is -0.209. The summed E-state index contributed by atoms with van der Waals surface area (Å²) in [6.45, 7) is 0.421. The second kappa shape index (κ2) is 5.95. The van der Waals surface area contributed by atoms with E-state index in [0.29, 0.717) is 19.4 Å². The van der Waals surface area contributed by atoms with Crippen molar-refractivity contribution in [3.8, 4) is 0 Å². The molecule has 8 heteroatoms. The molecule has 2 N–H and O–H groups in total. The van der Waals surface area contributed by atoms with Crippen molar-refractivity contribution in [3.63, 3.8) is 0 Å². The lowest BCUT2D eigenvalue weighted by Gasteiger charge is -2.31. The molecule has 1 aromatic rings. The molecule has 2 rings (SSSR count). The average Bonchev–Trinajstić information content (AvgIpc) is 2.35. The van der Waals surface area contributed by atoms with E-state index in [4.69, 9.17) is 28.3 Å². The van der Waals surface area contributed by atoms with Crippen molar-refractivity contribution in [1.29, 1.82) is 0 Å². The highest BCUT2D eigenvalue weighted by Gasteiger charge is 2.27. The van der Waals surface area contributed by atoms with Crippen LogP contribution in [-0.2, 0) is 0 Å². The van der Waals surface area contributed by atoms with Crippen LogP contribution in [0.1, 0.15) is 23.2 Å². The fraction of sp³-hybridized carbons (Fsp3) is 0.417. The molecule has 0 spiro atoms. The van der Waals surface area contributed by atoms with Gasteiger partial charge in [-0.1, -0.05) is 23.2 Å². The number of halogens is 2. The van der Waals surface area contributed by atoms with Crippen LogP contribution >= 0.6 is 23.2 Å². The molecule has 6 nitrogen and oxygen atoms in total. The standard InChI is InChI=1S/C12H12Cl2N2O4/c13-9-3-7(4-10(11(9)14)16(19)20)12(18)15-5-6-1-8(17)2-6/h3-4,6,8,17H,1-2,5H2,(H,15,18). The number of amides is 1. The maximum Gasteiger partial charge on any atom is 0.290 e. The van der Waals surface area contributed by atoms with Gasteiger partial charge in [-0.05, 0) is 24.8 Å². The summed E-state index contributed by atoms with van der Waals surface area (Å²) >= 11 is 11.5. The Morgan fingerprint density at radius 3 is 2.65 bits per heavy atom. The molecule has 108 valence electrons. The number of carbonyl (C=O) groups excluding carboxylic acids is 1. The zero-order valence-electron chi connectivity index (χ0n) is 10.3. The number of nitro benzene ring substituents is 1. The summed E-state index contributed by atoms with van der Waals surface area (Å²) in [6, 6.07) is 2.39. The van der Waals surface area contributed by atoms with Crippen LogP contribution in [0, 0.1) is 16.0 Å². The Labute approximate surface area is 124 Å². The number of hydrogen-bond donors (Lipinski definition) is 2. The monoisotopic (exact) mass is 318 g/mol. The van der Waals surface area contributed by atoms with E-state index in [-0.39, 0.29) is 27.6 Å². The summed E-state index contributed by atoms with van der Waals surface area (Å²) in [7, 11) is 0. The molecular weight excluding hydrogens is 307 g/mol. The van der Waals surface area contributed by atoms with E-state index in [9.17, 15) is 14.9 Å². The first-order valence-corrected chi connectivity index (χ1v) is 6.73. The summed E-state index contributed by atoms with van der Waals surface area (Å²) in [5, 5.41) is 22.4. The van der Waals surface area contributed by atoms with Crippen LogP contribution in [0.4, 0.5) is 5.69 Å². The number of nitro groups is 1. The molecule has 0 aliphatic heterocycles. The van der Waals surface area contributed by atoms with Crippen LogP contribution in [0.2, 0.25) is 10.0 Å². The van der Waals surface area contributed by atoms with Gasteiger partial charge in [-0.3, -0.25) is 14.9 Å². The summed E-state index contributed by atoms with van der Waals surface area (Å²) < 4.78 is 0. The lowest BCUT2D eigenvalue weighted by atomic mass is 9.82. The number of carbonyl (C=O) groups is 1. The predicted molar refractivity (Wildman–Crippen MR) is 74.2 cm³/mol. The fourth-order valence-electron chi connectivity index (χ4n) is 2.04. The molecule has 1 aliphatic rings. The van der Waals surface area contributed by atoms with Crippen LogP contribution in [0.25, 0.3) is 0 Å². The molecule has 0 unspecified atom stereocenters. The zero-order valence-corrected chi connectivity index (χ0v) is 11.8. The van der Waals surface area contributed by atoms with Crippen LogP contribution < -0.4 is 5.32 Å². The van der Waals surface area contributed by atoms with Crippen LogP contribution in [0.15, 0.2) is 12.1 Å². The maximum atomic E-state index is 11.9. The number of nitrogens with zero attached hydrogens (tertiary/aromatic N) is 1. The largest absolute Gasteiger partial charge is 0.393 e. The Morgan fingerprint density at radius 1 is 1.45 bits per heavy atom. The Bertz CT molecular complexity index is 559. The smallest absolute Gasteiger partial charge is 0.290 e. The Kier molecular flexibility index (Phi) is 4.47. The second-order valence-corrected chi connectivity index (χ2v) is 5.53. The highest BCUT2D eigenvalue weighted by Crippen LogP contribution is 2.33. The van der Waals surface area contributed by atoms with E-state index >= 15 is 0 Å². The third-order valence-electron chi connectivity index (χ3n) is 3.23. The van der Waals surface area contributed by atoms with E-state index in [2.05, 4.69) is 5.32 Å². The maximum absolute atomic E-state index is 11.9. The summed E-state index contributed by atoms with van der Waals surface area (Å²) in [5.41, 5.74) is -0.311. The minimum absolute atomic E-state index is 0.0370. The topological polar surface area (TPSA) is 92.5 Å². The van der Waals surface area contributed by atoms with Gasteiger partial charge in [0, 0.05) is 18.2 Å². The molecule has 0 bridgehead atoms. The van der Waals surface area contributed by atoms with Gasteiger partial charge in [0.2, 0.25) is 0 Å². The van der Waals surface area contributed by atoms with Crippen LogP contribution in [0.3, 0.4) is 0 Å². The SMILES string of the molecule is O=C(NCC1CC(O)C1)c1cc(Cl)c(Cl)c([N+](=O)[O-])c1. The first kappa shape index (κ1) is 15.0. The van der Waals surface area contributed by atoms with Crippen LogP contribution in [0.5, 0.6) is 0 Å². The van der Waals surface area contributed by atoms with Crippen molar-refractivity contribution in [3.05, 3.63) is 37.9 Å². The van der Waals surface area contributed by atoms with Gasteiger partial charge in [0.1, 0.15) is 5.02 Å². The Morgan fingerprint density at radius 2 is 2.10 bits per heavy atom. The average molecular weight is 319 g/mol. The molecular formula is C12H12Cl2N2O4. The third kappa shape index (κ3) is 3.20. The summed E-state index contributed by atoms with van der Waals surface area (Å²) in [4.78, 5) is 22.0. The third-order valence-corrected chi connectivity index (χ3v) is 4.02.